The third-order valence-corrected chi connectivity index (χ3v) is 4.14. The van der Waals surface area contributed by atoms with Crippen LogP contribution in [-0.2, 0) is 4.79 Å². The van der Waals surface area contributed by atoms with Crippen molar-refractivity contribution >= 4 is 5.91 Å². The van der Waals surface area contributed by atoms with Crippen LogP contribution < -0.4 is 15.8 Å². The van der Waals surface area contributed by atoms with E-state index in [0.29, 0.717) is 19.6 Å². The molecule has 1 atom stereocenters. The molecule has 0 aromatic heterocycles. The Balaban J connectivity index is 1.89. The maximum absolute atomic E-state index is 12.2. The van der Waals surface area contributed by atoms with E-state index in [0.717, 1.165) is 30.6 Å². The SMILES string of the molecule is CC(C)(CCN)CCC(=O)NC1CCOc2ccccc21. The number of hydrogen-bond donors (Lipinski definition) is 2. The van der Waals surface area contributed by atoms with Crippen molar-refractivity contribution in [3.63, 3.8) is 0 Å². The summed E-state index contributed by atoms with van der Waals surface area (Å²) in [5.41, 5.74) is 6.82. The van der Waals surface area contributed by atoms with Gasteiger partial charge >= 0.3 is 0 Å². The average Bonchev–Trinajstić information content (AvgIpc) is 2.46. The first-order valence-corrected chi connectivity index (χ1v) is 7.73. The molecule has 4 nitrogen and oxygen atoms in total. The Kier molecular flexibility index (Phi) is 5.23. The summed E-state index contributed by atoms with van der Waals surface area (Å²) < 4.78 is 5.62. The number of nitrogens with one attached hydrogen (secondary N) is 1. The van der Waals surface area contributed by atoms with Gasteiger partial charge in [0.05, 0.1) is 12.6 Å². The van der Waals surface area contributed by atoms with Gasteiger partial charge in [-0.3, -0.25) is 4.79 Å². The Bertz CT molecular complexity index is 485. The zero-order valence-electron chi connectivity index (χ0n) is 13.0. The molecule has 4 heteroatoms. The number of nitrogens with two attached hydrogens (primary N) is 1. The summed E-state index contributed by atoms with van der Waals surface area (Å²) in [5, 5.41) is 3.14. The third kappa shape index (κ3) is 4.46. The van der Waals surface area contributed by atoms with Gasteiger partial charge in [0.15, 0.2) is 0 Å². The maximum atomic E-state index is 12.2. The molecule has 1 aromatic rings. The van der Waals surface area contributed by atoms with Crippen LogP contribution in [0, 0.1) is 5.41 Å². The molecule has 1 aliphatic rings. The normalized spacial score (nSPS) is 17.8. The van der Waals surface area contributed by atoms with Crippen LogP contribution in [0.4, 0.5) is 0 Å². The molecule has 1 aromatic carbocycles. The van der Waals surface area contributed by atoms with Crippen LogP contribution in [0.5, 0.6) is 5.75 Å². The topological polar surface area (TPSA) is 64.4 Å². The summed E-state index contributed by atoms with van der Waals surface area (Å²) >= 11 is 0. The second-order valence-corrected chi connectivity index (χ2v) is 6.50. The summed E-state index contributed by atoms with van der Waals surface area (Å²) in [5.74, 6) is 0.999. The summed E-state index contributed by atoms with van der Waals surface area (Å²) in [6.07, 6.45) is 3.18. The molecular formula is C17H26N2O2. The zero-order chi connectivity index (χ0) is 15.3. The lowest BCUT2D eigenvalue weighted by atomic mass is 9.84. The van der Waals surface area contributed by atoms with Crippen LogP contribution in [0.1, 0.15) is 51.1 Å². The first-order valence-electron chi connectivity index (χ1n) is 7.73. The minimum atomic E-state index is 0.0695. The van der Waals surface area contributed by atoms with Gasteiger partial charge in [-0.15, -0.1) is 0 Å². The molecule has 0 aliphatic carbocycles. The molecule has 1 unspecified atom stereocenters. The Morgan fingerprint density at radius 1 is 1.38 bits per heavy atom. The molecule has 1 amide bonds. The first kappa shape index (κ1) is 15.8. The smallest absolute Gasteiger partial charge is 0.220 e. The fourth-order valence-electron chi connectivity index (χ4n) is 2.73. The molecule has 2 rings (SSSR count). The van der Waals surface area contributed by atoms with E-state index in [4.69, 9.17) is 10.5 Å². The standard InChI is InChI=1S/C17H26N2O2/c1-17(2,10-11-18)9-7-16(20)19-14-8-12-21-15-6-4-3-5-13(14)15/h3-6,14H,7-12,18H2,1-2H3,(H,19,20). The molecule has 0 radical (unpaired) electrons. The van der Waals surface area contributed by atoms with Crippen molar-refractivity contribution < 1.29 is 9.53 Å². The van der Waals surface area contributed by atoms with Gasteiger partial charge < -0.3 is 15.8 Å². The molecule has 0 fully saturated rings. The molecule has 0 spiro atoms. The van der Waals surface area contributed by atoms with Crippen molar-refractivity contribution in [2.45, 2.75) is 45.6 Å². The molecule has 116 valence electrons. The molecule has 1 aliphatic heterocycles. The van der Waals surface area contributed by atoms with Crippen molar-refractivity contribution in [2.75, 3.05) is 13.2 Å². The van der Waals surface area contributed by atoms with Gasteiger partial charge in [0.25, 0.3) is 0 Å². The van der Waals surface area contributed by atoms with Gasteiger partial charge in [-0.25, -0.2) is 0 Å². The molecule has 1 heterocycles. The minimum absolute atomic E-state index is 0.0695. The highest BCUT2D eigenvalue weighted by Gasteiger charge is 2.24. The highest BCUT2D eigenvalue weighted by atomic mass is 16.5. The second kappa shape index (κ2) is 6.94. The van der Waals surface area contributed by atoms with E-state index in [-0.39, 0.29) is 17.4 Å². The number of para-hydroxylation sites is 1. The van der Waals surface area contributed by atoms with E-state index < -0.39 is 0 Å². The highest BCUT2D eigenvalue weighted by Crippen LogP contribution is 2.32. The minimum Gasteiger partial charge on any atom is -0.493 e. The summed E-state index contributed by atoms with van der Waals surface area (Å²) in [4.78, 5) is 12.2. The Morgan fingerprint density at radius 2 is 2.14 bits per heavy atom. The van der Waals surface area contributed by atoms with Crippen molar-refractivity contribution in [1.29, 1.82) is 0 Å². The van der Waals surface area contributed by atoms with Crippen molar-refractivity contribution in [3.05, 3.63) is 29.8 Å². The third-order valence-electron chi connectivity index (χ3n) is 4.14. The summed E-state index contributed by atoms with van der Waals surface area (Å²) in [7, 11) is 0. The van der Waals surface area contributed by atoms with E-state index in [9.17, 15) is 4.79 Å². The van der Waals surface area contributed by atoms with Crippen LogP contribution >= 0.6 is 0 Å². The Morgan fingerprint density at radius 3 is 2.90 bits per heavy atom. The van der Waals surface area contributed by atoms with Crippen LogP contribution in [0.2, 0.25) is 0 Å². The van der Waals surface area contributed by atoms with Crippen molar-refractivity contribution in [3.8, 4) is 5.75 Å². The van der Waals surface area contributed by atoms with Crippen molar-refractivity contribution in [1.82, 2.24) is 5.32 Å². The lowest BCUT2D eigenvalue weighted by Crippen LogP contribution is -2.32. The molecule has 3 N–H and O–H groups in total. The quantitative estimate of drug-likeness (QED) is 0.846. The van der Waals surface area contributed by atoms with E-state index in [1.54, 1.807) is 0 Å². The van der Waals surface area contributed by atoms with Crippen LogP contribution in [-0.4, -0.2) is 19.1 Å². The van der Waals surface area contributed by atoms with Gasteiger partial charge in [0, 0.05) is 18.4 Å². The summed E-state index contributed by atoms with van der Waals surface area (Å²) in [6.45, 7) is 5.65. The van der Waals surface area contributed by atoms with Crippen LogP contribution in [0.3, 0.4) is 0 Å². The van der Waals surface area contributed by atoms with Crippen molar-refractivity contribution in [2.24, 2.45) is 11.1 Å². The number of fused-ring (bicyclic) bond motifs is 1. The van der Waals surface area contributed by atoms with Gasteiger partial charge in [0.1, 0.15) is 5.75 Å². The number of amides is 1. The second-order valence-electron chi connectivity index (χ2n) is 6.50. The van der Waals surface area contributed by atoms with Gasteiger partial charge in [-0.1, -0.05) is 32.0 Å². The van der Waals surface area contributed by atoms with E-state index in [1.165, 1.54) is 0 Å². The number of rotatable bonds is 6. The number of ether oxygens (including phenoxy) is 1. The molecule has 0 saturated carbocycles. The fraction of sp³-hybridized carbons (Fsp3) is 0.588. The van der Waals surface area contributed by atoms with E-state index in [1.807, 2.05) is 24.3 Å². The van der Waals surface area contributed by atoms with Gasteiger partial charge in [-0.05, 0) is 30.9 Å². The average molecular weight is 290 g/mol. The zero-order valence-corrected chi connectivity index (χ0v) is 13.0. The lowest BCUT2D eigenvalue weighted by Gasteiger charge is -2.28. The fourth-order valence-corrected chi connectivity index (χ4v) is 2.73. The highest BCUT2D eigenvalue weighted by molar-refractivity contribution is 5.76. The summed E-state index contributed by atoms with van der Waals surface area (Å²) in [6, 6.07) is 7.99. The Labute approximate surface area is 127 Å². The van der Waals surface area contributed by atoms with E-state index >= 15 is 0 Å². The van der Waals surface area contributed by atoms with Crippen LogP contribution in [0.25, 0.3) is 0 Å². The maximum Gasteiger partial charge on any atom is 0.220 e. The number of carbonyl (C=O) groups excluding carboxylic acids is 1. The Hall–Kier alpha value is -1.55. The molecule has 21 heavy (non-hydrogen) atoms. The number of benzene rings is 1. The largest absolute Gasteiger partial charge is 0.493 e. The predicted octanol–water partition coefficient (Wildman–Crippen LogP) is 2.78. The molecule has 0 saturated heterocycles. The first-order chi connectivity index (χ1) is 10.0. The van der Waals surface area contributed by atoms with Gasteiger partial charge in [0.2, 0.25) is 5.91 Å². The van der Waals surface area contributed by atoms with Gasteiger partial charge in [-0.2, -0.15) is 0 Å². The number of carbonyl (C=O) groups is 1. The molecule has 0 bridgehead atoms. The lowest BCUT2D eigenvalue weighted by molar-refractivity contribution is -0.122. The monoisotopic (exact) mass is 290 g/mol. The number of hydrogen-bond acceptors (Lipinski definition) is 3. The van der Waals surface area contributed by atoms with E-state index in [2.05, 4.69) is 19.2 Å². The van der Waals surface area contributed by atoms with Crippen LogP contribution in [0.15, 0.2) is 24.3 Å². The molecular weight excluding hydrogens is 264 g/mol. The predicted molar refractivity (Wildman–Crippen MR) is 84.1 cm³/mol.